The van der Waals surface area contributed by atoms with E-state index in [-0.39, 0.29) is 36.2 Å². The molecular weight excluding hydrogens is 478 g/mol. The van der Waals surface area contributed by atoms with Crippen LogP contribution in [-0.2, 0) is 4.79 Å². The molecule has 2 saturated heterocycles. The molecule has 2 fully saturated rings. The Labute approximate surface area is 209 Å². The normalized spacial score (nSPS) is 20.8. The molecule has 0 aliphatic carbocycles. The Kier molecular flexibility index (Phi) is 7.99. The molecule has 2 aromatic rings. The summed E-state index contributed by atoms with van der Waals surface area (Å²) < 4.78 is 19.4. The second kappa shape index (κ2) is 11.0. The summed E-state index contributed by atoms with van der Waals surface area (Å²) >= 11 is 12.6. The fourth-order valence-electron chi connectivity index (χ4n) is 4.90. The van der Waals surface area contributed by atoms with Gasteiger partial charge in [0.2, 0.25) is 5.91 Å². The van der Waals surface area contributed by atoms with Crippen LogP contribution in [0.3, 0.4) is 0 Å². The number of nitrogens with zero attached hydrogens (tertiary/aromatic N) is 2. The van der Waals surface area contributed by atoms with Crippen LogP contribution in [0.25, 0.3) is 0 Å². The monoisotopic (exact) mass is 506 g/mol. The maximum atomic E-state index is 13.4. The zero-order valence-electron chi connectivity index (χ0n) is 19.1. The first-order chi connectivity index (χ1) is 16.4. The Balaban J connectivity index is 1.56. The number of hydrogen-bond donors (Lipinski definition) is 0. The van der Waals surface area contributed by atoms with Crippen molar-refractivity contribution < 1.29 is 18.7 Å². The van der Waals surface area contributed by atoms with E-state index in [2.05, 4.69) is 0 Å². The molecule has 2 heterocycles. The van der Waals surface area contributed by atoms with E-state index in [1.54, 1.807) is 35.2 Å². The van der Waals surface area contributed by atoms with Crippen molar-refractivity contribution in [1.29, 1.82) is 0 Å². The zero-order chi connectivity index (χ0) is 24.1. The highest BCUT2D eigenvalue weighted by Gasteiger charge is 2.41. The highest BCUT2D eigenvalue weighted by molar-refractivity contribution is 6.39. The Bertz CT molecular complexity index is 1010. The Morgan fingerprint density at radius 3 is 2.24 bits per heavy atom. The second-order valence-corrected chi connectivity index (χ2v) is 10.1. The Morgan fingerprint density at radius 1 is 0.912 bits per heavy atom. The van der Waals surface area contributed by atoms with Crippen LogP contribution in [0.1, 0.15) is 48.9 Å². The van der Waals surface area contributed by atoms with E-state index in [1.165, 1.54) is 12.1 Å². The molecule has 0 bridgehead atoms. The lowest BCUT2D eigenvalue weighted by molar-refractivity contribution is -0.136. The largest absolute Gasteiger partial charge is 0.493 e. The average Bonchev–Trinajstić information content (AvgIpc) is 2.84. The molecule has 0 saturated carbocycles. The van der Waals surface area contributed by atoms with Crippen LogP contribution in [0.2, 0.25) is 10.0 Å². The van der Waals surface area contributed by atoms with Gasteiger partial charge in [-0.3, -0.25) is 9.59 Å². The minimum atomic E-state index is -0.565. The average molecular weight is 507 g/mol. The first-order valence-electron chi connectivity index (χ1n) is 11.8. The van der Waals surface area contributed by atoms with Crippen molar-refractivity contribution in [3.8, 4) is 5.75 Å². The summed E-state index contributed by atoms with van der Waals surface area (Å²) in [5.74, 6) is 0.0385. The third-order valence-electron chi connectivity index (χ3n) is 6.72. The van der Waals surface area contributed by atoms with Crippen LogP contribution in [0, 0.1) is 11.2 Å². The first kappa shape index (κ1) is 24.8. The summed E-state index contributed by atoms with van der Waals surface area (Å²) in [4.78, 5) is 30.3. The van der Waals surface area contributed by atoms with Gasteiger partial charge in [-0.2, -0.15) is 0 Å². The number of rotatable bonds is 6. The quantitative estimate of drug-likeness (QED) is 0.494. The molecule has 1 atom stereocenters. The fourth-order valence-corrected chi connectivity index (χ4v) is 5.46. The van der Waals surface area contributed by atoms with Crippen LogP contribution < -0.4 is 4.74 Å². The van der Waals surface area contributed by atoms with Crippen molar-refractivity contribution >= 4 is 35.0 Å². The number of piperidine rings is 2. The number of likely N-dealkylation sites (tertiary alicyclic amines) is 2. The number of ether oxygens (including phenoxy) is 1. The molecule has 0 spiro atoms. The van der Waals surface area contributed by atoms with E-state index in [9.17, 15) is 14.0 Å². The van der Waals surface area contributed by atoms with Gasteiger partial charge in [-0.25, -0.2) is 4.39 Å². The maximum Gasteiger partial charge on any atom is 0.256 e. The van der Waals surface area contributed by atoms with Crippen molar-refractivity contribution in [2.75, 3.05) is 32.8 Å². The van der Waals surface area contributed by atoms with Crippen molar-refractivity contribution in [3.63, 3.8) is 0 Å². The van der Waals surface area contributed by atoms with Gasteiger partial charge in [0, 0.05) is 38.0 Å². The van der Waals surface area contributed by atoms with E-state index in [4.69, 9.17) is 27.9 Å². The number of halogens is 3. The molecule has 0 aromatic heterocycles. The molecule has 8 heteroatoms. The molecule has 0 N–H and O–H groups in total. The number of amides is 2. The van der Waals surface area contributed by atoms with E-state index in [0.717, 1.165) is 45.2 Å². The molecule has 0 unspecified atom stereocenters. The maximum absolute atomic E-state index is 13.4. The lowest BCUT2D eigenvalue weighted by atomic mass is 9.77. The highest BCUT2D eigenvalue weighted by Crippen LogP contribution is 2.37. The minimum Gasteiger partial charge on any atom is -0.493 e. The molecule has 2 amide bonds. The fraction of sp³-hybridized carbons (Fsp3) is 0.462. The van der Waals surface area contributed by atoms with Crippen LogP contribution in [0.5, 0.6) is 5.75 Å². The van der Waals surface area contributed by atoms with Gasteiger partial charge in [0.15, 0.2) is 0 Å². The Hall–Kier alpha value is -2.31. The van der Waals surface area contributed by atoms with Gasteiger partial charge in [-0.05, 0) is 68.5 Å². The summed E-state index contributed by atoms with van der Waals surface area (Å²) in [6.07, 6.45) is 4.93. The number of carbonyl (C=O) groups is 2. The third-order valence-corrected chi connectivity index (χ3v) is 7.35. The van der Waals surface area contributed by atoms with E-state index >= 15 is 0 Å². The topological polar surface area (TPSA) is 49.9 Å². The molecule has 2 aromatic carbocycles. The zero-order valence-corrected chi connectivity index (χ0v) is 20.6. The number of benzene rings is 2. The van der Waals surface area contributed by atoms with Crippen molar-refractivity contribution in [2.24, 2.45) is 5.41 Å². The molecule has 2 aliphatic rings. The third kappa shape index (κ3) is 5.84. The summed E-state index contributed by atoms with van der Waals surface area (Å²) in [7, 11) is 0. The predicted octanol–water partition coefficient (Wildman–Crippen LogP) is 5.84. The molecular formula is C26H29Cl2FN2O3. The summed E-state index contributed by atoms with van der Waals surface area (Å²) in [5.41, 5.74) is -0.284. The minimum absolute atomic E-state index is 0.0903. The highest BCUT2D eigenvalue weighted by atomic mass is 35.5. The molecule has 2 aliphatic heterocycles. The SMILES string of the molecule is O=C(C[C@@]1(COc2ccc(F)cc2)CCCN(C(=O)c2c(Cl)cccc2Cl)C1)N1CCCCC1. The summed E-state index contributed by atoms with van der Waals surface area (Å²) in [5, 5.41) is 0.612. The molecule has 5 nitrogen and oxygen atoms in total. The van der Waals surface area contributed by atoms with Gasteiger partial charge in [0.1, 0.15) is 11.6 Å². The van der Waals surface area contributed by atoms with Gasteiger partial charge in [-0.15, -0.1) is 0 Å². The lowest BCUT2D eigenvalue weighted by Gasteiger charge is -2.43. The van der Waals surface area contributed by atoms with Crippen molar-refractivity contribution in [1.82, 2.24) is 9.80 Å². The van der Waals surface area contributed by atoms with Gasteiger partial charge in [-0.1, -0.05) is 29.3 Å². The predicted molar refractivity (Wildman–Crippen MR) is 131 cm³/mol. The van der Waals surface area contributed by atoms with Gasteiger partial charge in [0.05, 0.1) is 22.2 Å². The van der Waals surface area contributed by atoms with Gasteiger partial charge in [0.25, 0.3) is 5.91 Å². The molecule has 182 valence electrons. The second-order valence-electron chi connectivity index (χ2n) is 9.29. The molecule has 4 rings (SSSR count). The van der Waals surface area contributed by atoms with Gasteiger partial charge >= 0.3 is 0 Å². The van der Waals surface area contributed by atoms with Gasteiger partial charge < -0.3 is 14.5 Å². The standard InChI is InChI=1S/C26H29Cl2FN2O3/c27-21-6-4-7-22(28)24(21)25(33)31-15-5-12-26(17-31,16-23(32)30-13-2-1-3-14-30)18-34-20-10-8-19(29)9-11-20/h4,6-11H,1-3,5,12-18H2/t26-/m0/s1. The molecule has 34 heavy (non-hydrogen) atoms. The smallest absolute Gasteiger partial charge is 0.256 e. The van der Waals surface area contributed by atoms with E-state index in [0.29, 0.717) is 28.9 Å². The van der Waals surface area contributed by atoms with Crippen LogP contribution in [0.4, 0.5) is 4.39 Å². The number of hydrogen-bond acceptors (Lipinski definition) is 3. The van der Waals surface area contributed by atoms with Crippen LogP contribution in [0.15, 0.2) is 42.5 Å². The molecule has 0 radical (unpaired) electrons. The van der Waals surface area contributed by atoms with E-state index in [1.807, 2.05) is 4.90 Å². The van der Waals surface area contributed by atoms with E-state index < -0.39 is 5.41 Å². The summed E-state index contributed by atoms with van der Waals surface area (Å²) in [6, 6.07) is 10.8. The van der Waals surface area contributed by atoms with Crippen LogP contribution >= 0.6 is 23.2 Å². The Morgan fingerprint density at radius 2 is 1.56 bits per heavy atom. The summed E-state index contributed by atoms with van der Waals surface area (Å²) in [6.45, 7) is 2.69. The number of carbonyl (C=O) groups excluding carboxylic acids is 2. The first-order valence-corrected chi connectivity index (χ1v) is 12.5. The van der Waals surface area contributed by atoms with Crippen molar-refractivity contribution in [3.05, 3.63) is 63.9 Å². The van der Waals surface area contributed by atoms with Crippen LogP contribution in [-0.4, -0.2) is 54.4 Å². The lowest BCUT2D eigenvalue weighted by Crippen LogP contribution is -2.51. The van der Waals surface area contributed by atoms with Crippen molar-refractivity contribution in [2.45, 2.75) is 38.5 Å².